The van der Waals surface area contributed by atoms with Crippen LogP contribution in [0.3, 0.4) is 0 Å². The minimum Gasteiger partial charge on any atom is -0.490 e. The summed E-state index contributed by atoms with van der Waals surface area (Å²) >= 11 is 0. The molecule has 0 spiro atoms. The first-order valence-electron chi connectivity index (χ1n) is 8.48. The van der Waals surface area contributed by atoms with Crippen molar-refractivity contribution in [3.63, 3.8) is 0 Å². The number of ether oxygens (including phenoxy) is 2. The highest BCUT2D eigenvalue weighted by Gasteiger charge is 2.12. The smallest absolute Gasteiger partial charge is 0.329 e. The number of carbonyl (C=O) groups excluding carboxylic acids is 2. The van der Waals surface area contributed by atoms with Crippen molar-refractivity contribution in [1.82, 2.24) is 10.7 Å². The van der Waals surface area contributed by atoms with E-state index < -0.39 is 11.8 Å². The normalized spacial score (nSPS) is 10.8. The Hall–Kier alpha value is -2.57. The average Bonchev–Trinajstić information content (AvgIpc) is 2.59. The Bertz CT molecular complexity index is 600. The Morgan fingerprint density at radius 2 is 1.92 bits per heavy atom. The maximum atomic E-state index is 11.6. The molecule has 138 valence electrons. The highest BCUT2D eigenvalue weighted by atomic mass is 16.5. The molecule has 0 radical (unpaired) electrons. The van der Waals surface area contributed by atoms with Gasteiger partial charge in [0.05, 0.1) is 19.4 Å². The van der Waals surface area contributed by atoms with Gasteiger partial charge in [-0.15, -0.1) is 0 Å². The molecule has 0 aliphatic carbocycles. The second-order valence-corrected chi connectivity index (χ2v) is 5.79. The average molecular weight is 349 g/mol. The van der Waals surface area contributed by atoms with Crippen molar-refractivity contribution >= 4 is 18.0 Å². The lowest BCUT2D eigenvalue weighted by atomic mass is 10.2. The molecule has 0 fully saturated rings. The van der Waals surface area contributed by atoms with E-state index in [0.717, 1.165) is 12.0 Å². The van der Waals surface area contributed by atoms with E-state index >= 15 is 0 Å². The van der Waals surface area contributed by atoms with Gasteiger partial charge in [0, 0.05) is 6.54 Å². The van der Waals surface area contributed by atoms with Gasteiger partial charge in [-0.05, 0) is 43.0 Å². The molecule has 0 aliphatic heterocycles. The van der Waals surface area contributed by atoms with E-state index in [2.05, 4.69) is 15.8 Å². The predicted octanol–water partition coefficient (Wildman–Crippen LogP) is 2.10. The molecule has 7 nitrogen and oxygen atoms in total. The number of benzene rings is 1. The monoisotopic (exact) mass is 349 g/mol. The van der Waals surface area contributed by atoms with E-state index in [0.29, 0.717) is 31.3 Å². The Morgan fingerprint density at radius 1 is 1.16 bits per heavy atom. The van der Waals surface area contributed by atoms with Crippen LogP contribution < -0.4 is 20.2 Å². The molecule has 2 amide bonds. The Labute approximate surface area is 148 Å². The maximum Gasteiger partial charge on any atom is 0.329 e. The zero-order chi connectivity index (χ0) is 18.7. The quantitative estimate of drug-likeness (QED) is 0.406. The van der Waals surface area contributed by atoms with Gasteiger partial charge >= 0.3 is 11.8 Å². The predicted molar refractivity (Wildman–Crippen MR) is 97.0 cm³/mol. The summed E-state index contributed by atoms with van der Waals surface area (Å²) in [5.74, 6) is 0.0403. The van der Waals surface area contributed by atoms with Crippen LogP contribution in [0.5, 0.6) is 11.5 Å². The Morgan fingerprint density at radius 3 is 2.56 bits per heavy atom. The number of hydrazone groups is 1. The standard InChI is InChI=1S/C18H27N3O4/c1-5-9-25-15-8-7-14(10-16(15)24-6-2)12-20-21-18(23)17(22)19-11-13(3)4/h7-8,10,12-13H,5-6,9,11H2,1-4H3,(H,19,22)(H,21,23)/b20-12-. The molecule has 1 aromatic rings. The Kier molecular flexibility index (Phi) is 9.06. The lowest BCUT2D eigenvalue weighted by Gasteiger charge is -2.11. The van der Waals surface area contributed by atoms with E-state index in [1.165, 1.54) is 6.21 Å². The van der Waals surface area contributed by atoms with E-state index in [4.69, 9.17) is 9.47 Å². The third-order valence-electron chi connectivity index (χ3n) is 2.99. The summed E-state index contributed by atoms with van der Waals surface area (Å²) in [5, 5.41) is 6.32. The molecule has 0 aromatic heterocycles. The van der Waals surface area contributed by atoms with Crippen molar-refractivity contribution in [3.8, 4) is 11.5 Å². The summed E-state index contributed by atoms with van der Waals surface area (Å²) in [4.78, 5) is 23.1. The van der Waals surface area contributed by atoms with Crippen molar-refractivity contribution in [3.05, 3.63) is 23.8 Å². The molecule has 0 saturated carbocycles. The van der Waals surface area contributed by atoms with Crippen LogP contribution in [-0.4, -0.2) is 37.8 Å². The number of carbonyl (C=O) groups is 2. The van der Waals surface area contributed by atoms with Crippen LogP contribution >= 0.6 is 0 Å². The first kappa shape index (κ1) is 20.5. The third-order valence-corrected chi connectivity index (χ3v) is 2.99. The second-order valence-electron chi connectivity index (χ2n) is 5.79. The van der Waals surface area contributed by atoms with Crippen molar-refractivity contribution in [1.29, 1.82) is 0 Å². The lowest BCUT2D eigenvalue weighted by Crippen LogP contribution is -2.39. The van der Waals surface area contributed by atoms with Crippen LogP contribution in [0, 0.1) is 5.92 Å². The number of hydrogen-bond acceptors (Lipinski definition) is 5. The molecule has 2 N–H and O–H groups in total. The van der Waals surface area contributed by atoms with Crippen LogP contribution in [0.15, 0.2) is 23.3 Å². The number of nitrogens with one attached hydrogen (secondary N) is 2. The van der Waals surface area contributed by atoms with Crippen LogP contribution in [0.25, 0.3) is 0 Å². The number of hydrogen-bond donors (Lipinski definition) is 2. The minimum atomic E-state index is -0.801. The van der Waals surface area contributed by atoms with Crippen molar-refractivity contribution in [2.75, 3.05) is 19.8 Å². The fourth-order valence-electron chi connectivity index (χ4n) is 1.80. The minimum absolute atomic E-state index is 0.269. The number of rotatable bonds is 9. The zero-order valence-corrected chi connectivity index (χ0v) is 15.3. The van der Waals surface area contributed by atoms with Crippen LogP contribution in [0.4, 0.5) is 0 Å². The molecular weight excluding hydrogens is 322 g/mol. The summed E-state index contributed by atoms with van der Waals surface area (Å²) in [6.07, 6.45) is 2.35. The van der Waals surface area contributed by atoms with Gasteiger partial charge in [-0.2, -0.15) is 5.10 Å². The van der Waals surface area contributed by atoms with E-state index in [9.17, 15) is 9.59 Å². The van der Waals surface area contributed by atoms with Gasteiger partial charge in [0.25, 0.3) is 0 Å². The molecule has 0 aliphatic rings. The Balaban J connectivity index is 2.65. The summed E-state index contributed by atoms with van der Waals surface area (Å²) < 4.78 is 11.2. The van der Waals surface area contributed by atoms with Crippen LogP contribution in [-0.2, 0) is 9.59 Å². The molecule has 1 aromatic carbocycles. The van der Waals surface area contributed by atoms with Gasteiger partial charge in [0.1, 0.15) is 0 Å². The first-order valence-corrected chi connectivity index (χ1v) is 8.48. The maximum absolute atomic E-state index is 11.6. The highest BCUT2D eigenvalue weighted by Crippen LogP contribution is 2.28. The molecule has 0 atom stereocenters. The first-order chi connectivity index (χ1) is 12.0. The molecule has 25 heavy (non-hydrogen) atoms. The van der Waals surface area contributed by atoms with E-state index in [1.54, 1.807) is 18.2 Å². The van der Waals surface area contributed by atoms with Crippen LogP contribution in [0.1, 0.15) is 39.7 Å². The summed E-state index contributed by atoms with van der Waals surface area (Å²) in [6, 6.07) is 5.35. The van der Waals surface area contributed by atoms with E-state index in [-0.39, 0.29) is 5.92 Å². The van der Waals surface area contributed by atoms with Gasteiger partial charge in [-0.25, -0.2) is 5.43 Å². The summed E-state index contributed by atoms with van der Waals surface area (Å²) in [7, 11) is 0. The molecule has 1 rings (SSSR count). The van der Waals surface area contributed by atoms with Crippen LogP contribution in [0.2, 0.25) is 0 Å². The topological polar surface area (TPSA) is 89.0 Å². The fraction of sp³-hybridized carbons (Fsp3) is 0.500. The molecule has 0 saturated heterocycles. The third kappa shape index (κ3) is 7.69. The van der Waals surface area contributed by atoms with Gasteiger partial charge in [-0.1, -0.05) is 20.8 Å². The van der Waals surface area contributed by atoms with Crippen molar-refractivity contribution in [2.24, 2.45) is 11.0 Å². The number of nitrogens with zero attached hydrogens (tertiary/aromatic N) is 1. The summed E-state index contributed by atoms with van der Waals surface area (Å²) in [6.45, 7) is 9.36. The number of amides is 2. The van der Waals surface area contributed by atoms with E-state index in [1.807, 2.05) is 27.7 Å². The molecule has 0 heterocycles. The second kappa shape index (κ2) is 11.1. The molecule has 0 bridgehead atoms. The zero-order valence-electron chi connectivity index (χ0n) is 15.3. The van der Waals surface area contributed by atoms with Crippen molar-refractivity contribution < 1.29 is 19.1 Å². The highest BCUT2D eigenvalue weighted by molar-refractivity contribution is 6.35. The van der Waals surface area contributed by atoms with Gasteiger partial charge in [0.2, 0.25) is 0 Å². The van der Waals surface area contributed by atoms with Crippen molar-refractivity contribution in [2.45, 2.75) is 34.1 Å². The largest absolute Gasteiger partial charge is 0.490 e. The summed E-state index contributed by atoms with van der Waals surface area (Å²) in [5.41, 5.74) is 2.92. The van der Waals surface area contributed by atoms with Gasteiger partial charge < -0.3 is 14.8 Å². The lowest BCUT2D eigenvalue weighted by molar-refractivity contribution is -0.139. The molecule has 0 unspecified atom stereocenters. The molecule has 7 heteroatoms. The molecular formula is C18H27N3O4. The van der Waals surface area contributed by atoms with Gasteiger partial charge in [-0.3, -0.25) is 9.59 Å². The van der Waals surface area contributed by atoms with Gasteiger partial charge in [0.15, 0.2) is 11.5 Å². The SMILES string of the molecule is CCCOc1ccc(/C=N\NC(=O)C(=O)NCC(C)C)cc1OCC. The fourth-order valence-corrected chi connectivity index (χ4v) is 1.80.